The lowest BCUT2D eigenvalue weighted by Crippen LogP contribution is -2.42. The van der Waals surface area contributed by atoms with E-state index in [-0.39, 0.29) is 16.3 Å². The molecule has 17 heavy (non-hydrogen) atoms. The maximum atomic E-state index is 14.3. The van der Waals surface area contributed by atoms with Gasteiger partial charge in [-0.15, -0.1) is 0 Å². The van der Waals surface area contributed by atoms with Crippen LogP contribution in [0.2, 0.25) is 5.02 Å². The van der Waals surface area contributed by atoms with Crippen molar-refractivity contribution in [2.24, 2.45) is 0 Å². The summed E-state index contributed by atoms with van der Waals surface area (Å²) in [7, 11) is 2.03. The molecule has 2 aliphatic rings. The molecule has 0 aromatic heterocycles. The number of hydrogen-bond acceptors (Lipinski definition) is 2. The summed E-state index contributed by atoms with van der Waals surface area (Å²) in [5.41, 5.74) is 1.81. The molecule has 1 fully saturated rings. The summed E-state index contributed by atoms with van der Waals surface area (Å²) >= 11 is 5.93. The van der Waals surface area contributed by atoms with Gasteiger partial charge in [-0.25, -0.2) is 4.39 Å². The number of likely N-dealkylation sites (N-methyl/N-ethyl adjacent to an activating group) is 1. The summed E-state index contributed by atoms with van der Waals surface area (Å²) in [5, 5.41) is 3.59. The lowest BCUT2D eigenvalue weighted by atomic mass is 9.74. The van der Waals surface area contributed by atoms with Gasteiger partial charge in [-0.3, -0.25) is 0 Å². The van der Waals surface area contributed by atoms with Crippen LogP contribution in [-0.4, -0.2) is 26.7 Å². The molecule has 1 aromatic rings. The van der Waals surface area contributed by atoms with Crippen LogP contribution in [0.3, 0.4) is 0 Å². The Kier molecular flexibility index (Phi) is 2.56. The lowest BCUT2D eigenvalue weighted by Gasteiger charge is -2.34. The van der Waals surface area contributed by atoms with Crippen LogP contribution in [0.1, 0.15) is 18.4 Å². The molecule has 0 aliphatic carbocycles. The SMILES string of the molecule is CN1CC2(CCNCC2)c2c1ccc(Cl)c2F. The Bertz CT molecular complexity index is 455. The zero-order chi connectivity index (χ0) is 12.0. The monoisotopic (exact) mass is 254 g/mol. The first-order valence-electron chi connectivity index (χ1n) is 6.04. The minimum atomic E-state index is -0.213. The van der Waals surface area contributed by atoms with E-state index < -0.39 is 0 Å². The molecule has 1 spiro atoms. The number of benzene rings is 1. The van der Waals surface area contributed by atoms with Crippen molar-refractivity contribution in [2.45, 2.75) is 18.3 Å². The minimum absolute atomic E-state index is 0.0374. The largest absolute Gasteiger partial charge is 0.373 e. The Balaban J connectivity index is 2.16. The zero-order valence-electron chi connectivity index (χ0n) is 9.89. The van der Waals surface area contributed by atoms with Gasteiger partial charge in [0.15, 0.2) is 0 Å². The summed E-state index contributed by atoms with van der Waals surface area (Å²) in [5.74, 6) is -0.213. The molecule has 0 unspecified atom stereocenters. The Morgan fingerprint density at radius 3 is 2.76 bits per heavy atom. The fraction of sp³-hybridized carbons (Fsp3) is 0.538. The smallest absolute Gasteiger partial charge is 0.147 e. The standard InChI is InChI=1S/C13H16ClFN2/c1-17-8-13(4-6-16-7-5-13)11-10(17)3-2-9(14)12(11)15/h2-3,16H,4-8H2,1H3. The molecule has 92 valence electrons. The first-order valence-corrected chi connectivity index (χ1v) is 6.42. The third-order valence-corrected chi connectivity index (χ3v) is 4.41. The molecule has 0 bridgehead atoms. The van der Waals surface area contributed by atoms with Crippen LogP contribution in [0.5, 0.6) is 0 Å². The predicted octanol–water partition coefficient (Wildman–Crippen LogP) is 2.55. The molecule has 4 heteroatoms. The average Bonchev–Trinajstić information content (AvgIpc) is 2.58. The maximum Gasteiger partial charge on any atom is 0.147 e. The number of piperidine rings is 1. The van der Waals surface area contributed by atoms with Crippen LogP contribution in [0.15, 0.2) is 12.1 Å². The summed E-state index contributed by atoms with van der Waals surface area (Å²) in [6, 6.07) is 3.60. The molecule has 2 heterocycles. The number of nitrogens with one attached hydrogen (secondary N) is 1. The van der Waals surface area contributed by atoms with Gasteiger partial charge in [0.2, 0.25) is 0 Å². The Morgan fingerprint density at radius 1 is 1.35 bits per heavy atom. The average molecular weight is 255 g/mol. The van der Waals surface area contributed by atoms with E-state index in [9.17, 15) is 4.39 Å². The zero-order valence-corrected chi connectivity index (χ0v) is 10.6. The number of halogens is 2. The molecule has 1 N–H and O–H groups in total. The van der Waals surface area contributed by atoms with E-state index >= 15 is 0 Å². The Morgan fingerprint density at radius 2 is 2.06 bits per heavy atom. The van der Waals surface area contributed by atoms with Crippen molar-refractivity contribution in [3.05, 3.63) is 28.5 Å². The number of rotatable bonds is 0. The Labute approximate surface area is 106 Å². The van der Waals surface area contributed by atoms with Crippen molar-refractivity contribution in [3.63, 3.8) is 0 Å². The van der Waals surface area contributed by atoms with Gasteiger partial charge in [0.25, 0.3) is 0 Å². The second-order valence-corrected chi connectivity index (χ2v) is 5.55. The second kappa shape index (κ2) is 3.85. The van der Waals surface area contributed by atoms with Gasteiger partial charge in [-0.2, -0.15) is 0 Å². The third-order valence-electron chi connectivity index (χ3n) is 4.11. The van der Waals surface area contributed by atoms with E-state index in [1.165, 1.54) is 0 Å². The molecule has 0 amide bonds. The molecule has 2 aliphatic heterocycles. The second-order valence-electron chi connectivity index (χ2n) is 5.14. The van der Waals surface area contributed by atoms with Gasteiger partial charge in [0.05, 0.1) is 5.02 Å². The van der Waals surface area contributed by atoms with Crippen molar-refractivity contribution < 1.29 is 4.39 Å². The minimum Gasteiger partial charge on any atom is -0.373 e. The van der Waals surface area contributed by atoms with Crippen LogP contribution in [0.4, 0.5) is 10.1 Å². The summed E-state index contributed by atoms with van der Waals surface area (Å²) < 4.78 is 14.3. The third kappa shape index (κ3) is 1.56. The van der Waals surface area contributed by atoms with E-state index in [1.54, 1.807) is 6.07 Å². The lowest BCUT2D eigenvalue weighted by molar-refractivity contribution is 0.319. The van der Waals surface area contributed by atoms with Gasteiger partial charge in [-0.1, -0.05) is 11.6 Å². The molecule has 0 atom stereocenters. The van der Waals surface area contributed by atoms with Crippen LogP contribution < -0.4 is 10.2 Å². The van der Waals surface area contributed by atoms with Crippen LogP contribution in [0.25, 0.3) is 0 Å². The number of nitrogens with zero attached hydrogens (tertiary/aromatic N) is 1. The highest BCUT2D eigenvalue weighted by molar-refractivity contribution is 6.31. The fourth-order valence-electron chi connectivity index (χ4n) is 3.29. The van der Waals surface area contributed by atoms with Crippen LogP contribution in [0, 0.1) is 5.82 Å². The summed E-state index contributed by atoms with van der Waals surface area (Å²) in [6.45, 7) is 2.82. The topological polar surface area (TPSA) is 15.3 Å². The van der Waals surface area contributed by atoms with Crippen molar-refractivity contribution in [2.75, 3.05) is 31.6 Å². The number of fused-ring (bicyclic) bond motifs is 2. The van der Waals surface area contributed by atoms with E-state index in [4.69, 9.17) is 11.6 Å². The van der Waals surface area contributed by atoms with E-state index in [2.05, 4.69) is 10.2 Å². The first-order chi connectivity index (χ1) is 8.14. The van der Waals surface area contributed by atoms with Crippen LogP contribution >= 0.6 is 11.6 Å². The number of anilines is 1. The van der Waals surface area contributed by atoms with Crippen molar-refractivity contribution in [1.82, 2.24) is 5.32 Å². The molecule has 3 rings (SSSR count). The highest BCUT2D eigenvalue weighted by Crippen LogP contribution is 2.47. The van der Waals surface area contributed by atoms with Gasteiger partial charge < -0.3 is 10.2 Å². The molecular formula is C13H16ClFN2. The summed E-state index contributed by atoms with van der Waals surface area (Å²) in [4.78, 5) is 2.15. The maximum absolute atomic E-state index is 14.3. The molecule has 0 saturated carbocycles. The molecule has 0 radical (unpaired) electrons. The first kappa shape index (κ1) is 11.3. The van der Waals surface area contributed by atoms with Crippen molar-refractivity contribution in [3.8, 4) is 0 Å². The molecule has 2 nitrogen and oxygen atoms in total. The molecule has 1 saturated heterocycles. The summed E-state index contributed by atoms with van der Waals surface area (Å²) in [6.07, 6.45) is 1.98. The van der Waals surface area contributed by atoms with Gasteiger partial charge in [-0.05, 0) is 38.1 Å². The number of hydrogen-bond donors (Lipinski definition) is 1. The molecular weight excluding hydrogens is 239 g/mol. The quantitative estimate of drug-likeness (QED) is 0.766. The Hall–Kier alpha value is -0.800. The van der Waals surface area contributed by atoms with Gasteiger partial charge in [0.1, 0.15) is 5.82 Å². The van der Waals surface area contributed by atoms with Crippen LogP contribution in [-0.2, 0) is 5.41 Å². The van der Waals surface area contributed by atoms with E-state index in [1.807, 2.05) is 13.1 Å². The highest BCUT2D eigenvalue weighted by atomic mass is 35.5. The normalized spacial score (nSPS) is 21.9. The molecule has 1 aromatic carbocycles. The van der Waals surface area contributed by atoms with E-state index in [0.29, 0.717) is 0 Å². The van der Waals surface area contributed by atoms with Gasteiger partial charge >= 0.3 is 0 Å². The van der Waals surface area contributed by atoms with Gasteiger partial charge in [0, 0.05) is 30.3 Å². The van der Waals surface area contributed by atoms with Crippen molar-refractivity contribution in [1.29, 1.82) is 0 Å². The predicted molar refractivity (Wildman–Crippen MR) is 68.5 cm³/mol. The van der Waals surface area contributed by atoms with Crippen molar-refractivity contribution >= 4 is 17.3 Å². The van der Waals surface area contributed by atoms with E-state index in [0.717, 1.165) is 43.7 Å². The highest BCUT2D eigenvalue weighted by Gasteiger charge is 2.44. The fourth-order valence-corrected chi connectivity index (χ4v) is 3.45.